The van der Waals surface area contributed by atoms with Crippen molar-refractivity contribution in [1.82, 2.24) is 15.2 Å². The summed E-state index contributed by atoms with van der Waals surface area (Å²) in [5.74, 6) is -0.668. The number of amides is 2. The van der Waals surface area contributed by atoms with Crippen LogP contribution in [0.3, 0.4) is 0 Å². The number of hydrogen-bond donors (Lipinski definition) is 2. The van der Waals surface area contributed by atoms with Gasteiger partial charge in [0.1, 0.15) is 5.69 Å². The van der Waals surface area contributed by atoms with E-state index < -0.39 is 5.97 Å². The van der Waals surface area contributed by atoms with Gasteiger partial charge < -0.3 is 19.9 Å². The first-order chi connectivity index (χ1) is 14.4. The maximum absolute atomic E-state index is 13.2. The van der Waals surface area contributed by atoms with E-state index >= 15 is 0 Å². The smallest absolute Gasteiger partial charge is 0.340 e. The molecule has 2 N–H and O–H groups in total. The summed E-state index contributed by atoms with van der Waals surface area (Å²) >= 11 is 0. The van der Waals surface area contributed by atoms with Gasteiger partial charge in [-0.1, -0.05) is 25.7 Å². The molecular formula is C23H35N3O4. The molecule has 2 aliphatic rings. The Morgan fingerprint density at radius 3 is 2.43 bits per heavy atom. The predicted octanol–water partition coefficient (Wildman–Crippen LogP) is 3.50. The Kier molecular flexibility index (Phi) is 7.56. The molecule has 1 aliphatic carbocycles. The van der Waals surface area contributed by atoms with Crippen molar-refractivity contribution in [2.45, 2.75) is 78.2 Å². The molecule has 2 amide bonds. The topological polar surface area (TPSA) is 91.5 Å². The van der Waals surface area contributed by atoms with Crippen molar-refractivity contribution < 1.29 is 19.1 Å². The number of piperidine rings is 1. The van der Waals surface area contributed by atoms with Crippen LogP contribution in [0.15, 0.2) is 0 Å². The van der Waals surface area contributed by atoms with Crippen LogP contribution < -0.4 is 5.32 Å². The second-order valence-electron chi connectivity index (χ2n) is 8.63. The lowest BCUT2D eigenvalue weighted by Crippen LogP contribution is -2.47. The van der Waals surface area contributed by atoms with Gasteiger partial charge in [0.25, 0.3) is 5.91 Å². The second-order valence-corrected chi connectivity index (χ2v) is 8.63. The molecule has 2 fully saturated rings. The summed E-state index contributed by atoms with van der Waals surface area (Å²) in [7, 11) is 0. The largest absolute Gasteiger partial charge is 0.462 e. The summed E-state index contributed by atoms with van der Waals surface area (Å²) < 4.78 is 5.12. The summed E-state index contributed by atoms with van der Waals surface area (Å²) in [6.07, 6.45) is 8.57. The number of aromatic nitrogens is 1. The van der Waals surface area contributed by atoms with E-state index in [4.69, 9.17) is 4.74 Å². The molecule has 1 aliphatic heterocycles. The van der Waals surface area contributed by atoms with Crippen LogP contribution in [0, 0.1) is 19.8 Å². The minimum absolute atomic E-state index is 0.0750. The fourth-order valence-electron chi connectivity index (χ4n) is 4.75. The lowest BCUT2D eigenvalue weighted by atomic mass is 9.95. The first-order valence-corrected chi connectivity index (χ1v) is 11.4. The highest BCUT2D eigenvalue weighted by Gasteiger charge is 2.32. The molecule has 0 bridgehead atoms. The number of nitrogens with zero attached hydrogens (tertiary/aromatic N) is 1. The zero-order valence-electron chi connectivity index (χ0n) is 18.5. The van der Waals surface area contributed by atoms with E-state index in [9.17, 15) is 14.4 Å². The number of carbonyl (C=O) groups is 3. The number of carbonyl (C=O) groups excluding carboxylic acids is 3. The molecular weight excluding hydrogens is 382 g/mol. The molecule has 0 spiro atoms. The molecule has 7 heteroatoms. The van der Waals surface area contributed by atoms with Gasteiger partial charge in [0.2, 0.25) is 5.91 Å². The first kappa shape index (κ1) is 22.4. The number of nitrogens with one attached hydrogen (secondary N) is 2. The summed E-state index contributed by atoms with van der Waals surface area (Å²) in [6.45, 7) is 6.63. The molecule has 1 atom stereocenters. The second kappa shape index (κ2) is 10.1. The fraction of sp³-hybridized carbons (Fsp3) is 0.696. The van der Waals surface area contributed by atoms with Gasteiger partial charge in [-0.3, -0.25) is 9.59 Å². The van der Waals surface area contributed by atoms with E-state index in [1.54, 1.807) is 25.7 Å². The highest BCUT2D eigenvalue weighted by Crippen LogP contribution is 2.24. The summed E-state index contributed by atoms with van der Waals surface area (Å²) in [6, 6.07) is 0.270. The molecule has 0 aromatic carbocycles. The number of likely N-dealkylation sites (tertiary alicyclic amines) is 1. The minimum Gasteiger partial charge on any atom is -0.462 e. The monoisotopic (exact) mass is 417 g/mol. The van der Waals surface area contributed by atoms with Crippen LogP contribution in [-0.4, -0.2) is 53.4 Å². The van der Waals surface area contributed by atoms with Gasteiger partial charge in [-0.05, 0) is 52.0 Å². The van der Waals surface area contributed by atoms with Crippen molar-refractivity contribution in [3.8, 4) is 0 Å². The van der Waals surface area contributed by atoms with Crippen LogP contribution in [0.1, 0.15) is 90.4 Å². The fourth-order valence-corrected chi connectivity index (χ4v) is 4.75. The van der Waals surface area contributed by atoms with Gasteiger partial charge in [-0.25, -0.2) is 4.79 Å². The van der Waals surface area contributed by atoms with Crippen LogP contribution in [0.5, 0.6) is 0 Å². The lowest BCUT2D eigenvalue weighted by molar-refractivity contribution is -0.127. The quantitative estimate of drug-likeness (QED) is 0.567. The van der Waals surface area contributed by atoms with Crippen molar-refractivity contribution in [3.05, 3.63) is 22.5 Å². The third-order valence-corrected chi connectivity index (χ3v) is 6.41. The molecule has 30 heavy (non-hydrogen) atoms. The average molecular weight is 418 g/mol. The molecule has 7 nitrogen and oxygen atoms in total. The summed E-state index contributed by atoms with van der Waals surface area (Å²) in [5, 5.41) is 3.24. The highest BCUT2D eigenvalue weighted by atomic mass is 16.5. The Hall–Kier alpha value is -2.31. The minimum atomic E-state index is -0.415. The van der Waals surface area contributed by atoms with Gasteiger partial charge in [0, 0.05) is 24.8 Å². The van der Waals surface area contributed by atoms with Crippen LogP contribution >= 0.6 is 0 Å². The highest BCUT2D eigenvalue weighted by molar-refractivity contribution is 6.00. The van der Waals surface area contributed by atoms with Gasteiger partial charge in [0.15, 0.2) is 0 Å². The van der Waals surface area contributed by atoms with Crippen LogP contribution in [0.2, 0.25) is 0 Å². The van der Waals surface area contributed by atoms with Crippen LogP contribution in [0.25, 0.3) is 0 Å². The molecule has 1 saturated heterocycles. The van der Waals surface area contributed by atoms with Gasteiger partial charge in [-0.2, -0.15) is 0 Å². The van der Waals surface area contributed by atoms with Crippen molar-refractivity contribution in [3.63, 3.8) is 0 Å². The maximum atomic E-state index is 13.2. The molecule has 0 radical (unpaired) electrons. The van der Waals surface area contributed by atoms with Crippen molar-refractivity contribution in [2.24, 2.45) is 5.92 Å². The summed E-state index contributed by atoms with van der Waals surface area (Å²) in [4.78, 5) is 43.1. The van der Waals surface area contributed by atoms with E-state index in [2.05, 4.69) is 10.3 Å². The molecule has 166 valence electrons. The summed E-state index contributed by atoms with van der Waals surface area (Å²) in [5.41, 5.74) is 2.09. The SMILES string of the molecule is CCOC(=O)c1c(C)[nH]c(C(=O)N2CCC[C@H](C(=O)NC3CCCCCC3)C2)c1C. The lowest BCUT2D eigenvalue weighted by Gasteiger charge is -2.33. The van der Waals surface area contributed by atoms with E-state index in [0.29, 0.717) is 35.6 Å². The molecule has 0 unspecified atom stereocenters. The van der Waals surface area contributed by atoms with Crippen molar-refractivity contribution >= 4 is 17.8 Å². The van der Waals surface area contributed by atoms with Gasteiger partial charge in [-0.15, -0.1) is 0 Å². The number of aromatic amines is 1. The van der Waals surface area contributed by atoms with Gasteiger partial charge in [0.05, 0.1) is 18.1 Å². The Bertz CT molecular complexity index is 778. The predicted molar refractivity (Wildman–Crippen MR) is 114 cm³/mol. The third kappa shape index (κ3) is 5.05. The number of aryl methyl sites for hydroxylation is 1. The third-order valence-electron chi connectivity index (χ3n) is 6.41. The number of esters is 1. The van der Waals surface area contributed by atoms with E-state index in [0.717, 1.165) is 25.7 Å². The normalized spacial score (nSPS) is 20.5. The van der Waals surface area contributed by atoms with E-state index in [-0.39, 0.29) is 30.4 Å². The molecule has 1 aromatic rings. The van der Waals surface area contributed by atoms with Gasteiger partial charge >= 0.3 is 5.97 Å². The number of ether oxygens (including phenoxy) is 1. The first-order valence-electron chi connectivity index (χ1n) is 11.4. The van der Waals surface area contributed by atoms with Crippen molar-refractivity contribution in [2.75, 3.05) is 19.7 Å². The molecule has 1 saturated carbocycles. The molecule has 3 rings (SSSR count). The molecule has 2 heterocycles. The number of H-pyrrole nitrogens is 1. The standard InChI is InChI=1S/C23H35N3O4/c1-4-30-23(29)19-15(2)20(24-16(19)3)22(28)26-13-9-10-17(14-26)21(27)25-18-11-7-5-6-8-12-18/h17-18,24H,4-14H2,1-3H3,(H,25,27)/t17-/m0/s1. The van der Waals surface area contributed by atoms with Crippen LogP contribution in [0.4, 0.5) is 0 Å². The Morgan fingerprint density at radius 1 is 1.07 bits per heavy atom. The zero-order chi connectivity index (χ0) is 21.7. The number of hydrogen-bond acceptors (Lipinski definition) is 4. The zero-order valence-corrected chi connectivity index (χ0v) is 18.5. The Labute approximate surface area is 178 Å². The van der Waals surface area contributed by atoms with Crippen molar-refractivity contribution in [1.29, 1.82) is 0 Å². The Balaban J connectivity index is 1.66. The maximum Gasteiger partial charge on any atom is 0.340 e. The Morgan fingerprint density at radius 2 is 1.77 bits per heavy atom. The molecule has 1 aromatic heterocycles. The average Bonchev–Trinajstić information content (AvgIpc) is 2.88. The van der Waals surface area contributed by atoms with Crippen LogP contribution in [-0.2, 0) is 9.53 Å². The van der Waals surface area contributed by atoms with E-state index in [1.807, 2.05) is 0 Å². The van der Waals surface area contributed by atoms with E-state index in [1.165, 1.54) is 25.7 Å². The number of rotatable bonds is 5.